The topological polar surface area (TPSA) is 67.4 Å². The van der Waals surface area contributed by atoms with Gasteiger partial charge in [-0.15, -0.1) is 0 Å². The summed E-state index contributed by atoms with van der Waals surface area (Å²) in [6.07, 6.45) is 6.10. The Labute approximate surface area is 122 Å². The maximum Gasteiger partial charge on any atom is 0.211 e. The summed E-state index contributed by atoms with van der Waals surface area (Å²) in [6, 6.07) is 0.374. The molecule has 0 aromatic rings. The Morgan fingerprint density at radius 1 is 1.30 bits per heavy atom. The second kappa shape index (κ2) is 7.20. The molecule has 0 aliphatic carbocycles. The van der Waals surface area contributed by atoms with Crippen LogP contribution in [0.2, 0.25) is 0 Å². The van der Waals surface area contributed by atoms with Crippen LogP contribution in [-0.4, -0.2) is 46.5 Å². The van der Waals surface area contributed by atoms with E-state index in [9.17, 15) is 8.42 Å². The van der Waals surface area contributed by atoms with E-state index in [2.05, 4.69) is 17.0 Å². The minimum atomic E-state index is -3.15. The Hall–Kier alpha value is -0.170. The molecule has 118 valence electrons. The maximum absolute atomic E-state index is 12.1. The third kappa shape index (κ3) is 5.31. The lowest BCUT2D eigenvalue weighted by atomic mass is 9.83. The van der Waals surface area contributed by atoms with Gasteiger partial charge < -0.3 is 10.1 Å². The van der Waals surface area contributed by atoms with E-state index in [-0.39, 0.29) is 11.2 Å². The first kappa shape index (κ1) is 16.2. The number of sulfonamides is 1. The highest BCUT2D eigenvalue weighted by molar-refractivity contribution is 7.89. The zero-order chi connectivity index (χ0) is 14.5. The lowest BCUT2D eigenvalue weighted by Gasteiger charge is -2.33. The van der Waals surface area contributed by atoms with E-state index in [1.165, 1.54) is 12.8 Å². The Bertz CT molecular complexity index is 385. The average molecular weight is 304 g/mol. The van der Waals surface area contributed by atoms with Gasteiger partial charge in [0.15, 0.2) is 0 Å². The van der Waals surface area contributed by atoms with Crippen molar-refractivity contribution in [3.8, 4) is 0 Å². The van der Waals surface area contributed by atoms with Gasteiger partial charge in [0.2, 0.25) is 10.0 Å². The van der Waals surface area contributed by atoms with Crippen LogP contribution < -0.4 is 10.0 Å². The molecule has 1 unspecified atom stereocenters. The molecule has 20 heavy (non-hydrogen) atoms. The van der Waals surface area contributed by atoms with E-state index in [0.29, 0.717) is 12.6 Å². The fourth-order valence-electron chi connectivity index (χ4n) is 2.87. The number of ether oxygens (including phenoxy) is 1. The summed E-state index contributed by atoms with van der Waals surface area (Å²) in [6.45, 7) is 5.18. The second-order valence-corrected chi connectivity index (χ2v) is 8.42. The van der Waals surface area contributed by atoms with Crippen LogP contribution in [0.4, 0.5) is 0 Å². The van der Waals surface area contributed by atoms with Crippen LogP contribution in [0.3, 0.4) is 0 Å². The molecule has 0 aromatic heterocycles. The smallest absolute Gasteiger partial charge is 0.211 e. The molecule has 5 nitrogen and oxygen atoms in total. The average Bonchev–Trinajstić information content (AvgIpc) is 2.46. The molecular formula is C14H28N2O3S. The van der Waals surface area contributed by atoms with Crippen molar-refractivity contribution in [2.24, 2.45) is 5.41 Å². The van der Waals surface area contributed by atoms with Gasteiger partial charge in [0.25, 0.3) is 0 Å². The first-order chi connectivity index (χ1) is 9.49. The van der Waals surface area contributed by atoms with Gasteiger partial charge in [-0.25, -0.2) is 13.1 Å². The normalized spacial score (nSPS) is 27.4. The quantitative estimate of drug-likeness (QED) is 0.775. The van der Waals surface area contributed by atoms with E-state index in [4.69, 9.17) is 4.74 Å². The fourth-order valence-corrected chi connectivity index (χ4v) is 4.17. The first-order valence-electron chi connectivity index (χ1n) is 7.78. The van der Waals surface area contributed by atoms with Crippen LogP contribution >= 0.6 is 0 Å². The van der Waals surface area contributed by atoms with Crippen molar-refractivity contribution in [3.63, 3.8) is 0 Å². The minimum Gasteiger partial charge on any atom is -0.381 e. The molecule has 2 heterocycles. The van der Waals surface area contributed by atoms with Crippen molar-refractivity contribution in [1.82, 2.24) is 10.0 Å². The van der Waals surface area contributed by atoms with Crippen molar-refractivity contribution in [3.05, 3.63) is 0 Å². The molecule has 6 heteroatoms. The summed E-state index contributed by atoms with van der Waals surface area (Å²) in [4.78, 5) is 0. The Morgan fingerprint density at radius 3 is 2.70 bits per heavy atom. The highest BCUT2D eigenvalue weighted by Gasteiger charge is 2.29. The molecule has 0 saturated carbocycles. The summed E-state index contributed by atoms with van der Waals surface area (Å²) in [5, 5.41) is 3.40. The lowest BCUT2D eigenvalue weighted by molar-refractivity contribution is 0.0264. The Kier molecular flexibility index (Phi) is 5.84. The molecule has 0 spiro atoms. The zero-order valence-corrected chi connectivity index (χ0v) is 13.3. The minimum absolute atomic E-state index is 0.0500. The Morgan fingerprint density at radius 2 is 2.05 bits per heavy atom. The molecule has 2 rings (SSSR count). The van der Waals surface area contributed by atoms with Crippen LogP contribution in [0.15, 0.2) is 0 Å². The molecule has 2 fully saturated rings. The predicted octanol–water partition coefficient (Wildman–Crippen LogP) is 1.25. The molecule has 1 atom stereocenters. The monoisotopic (exact) mass is 304 g/mol. The van der Waals surface area contributed by atoms with Crippen molar-refractivity contribution in [2.45, 2.75) is 51.5 Å². The lowest BCUT2D eigenvalue weighted by Crippen LogP contribution is -2.41. The van der Waals surface area contributed by atoms with Gasteiger partial charge in [0, 0.05) is 25.8 Å². The number of hydrogen-bond acceptors (Lipinski definition) is 4. The van der Waals surface area contributed by atoms with Crippen LogP contribution in [0.5, 0.6) is 0 Å². The highest BCUT2D eigenvalue weighted by atomic mass is 32.2. The largest absolute Gasteiger partial charge is 0.381 e. The molecule has 2 saturated heterocycles. The van der Waals surface area contributed by atoms with E-state index in [1.807, 2.05) is 0 Å². The van der Waals surface area contributed by atoms with Crippen LogP contribution in [-0.2, 0) is 14.8 Å². The van der Waals surface area contributed by atoms with Gasteiger partial charge in [0.1, 0.15) is 0 Å². The van der Waals surface area contributed by atoms with Crippen molar-refractivity contribution < 1.29 is 13.2 Å². The van der Waals surface area contributed by atoms with Gasteiger partial charge in [-0.3, -0.25) is 0 Å². The number of nitrogens with one attached hydrogen (secondary N) is 2. The molecule has 2 aliphatic rings. The summed E-state index contributed by atoms with van der Waals surface area (Å²) in [7, 11) is -3.15. The summed E-state index contributed by atoms with van der Waals surface area (Å²) < 4.78 is 32.3. The molecular weight excluding hydrogens is 276 g/mol. The summed E-state index contributed by atoms with van der Waals surface area (Å²) in [5.74, 6) is 0.233. The number of hydrogen-bond donors (Lipinski definition) is 2. The third-order valence-electron chi connectivity index (χ3n) is 4.57. The molecule has 0 bridgehead atoms. The standard InChI is InChI=1S/C14H28N2O3S/c1-14(6-9-19-10-7-14)12-16-20(17,18)11-5-13-4-2-3-8-15-13/h13,15-16H,2-12H2,1H3. The van der Waals surface area contributed by atoms with Gasteiger partial charge >= 0.3 is 0 Å². The zero-order valence-electron chi connectivity index (χ0n) is 12.5. The predicted molar refractivity (Wildman–Crippen MR) is 80.2 cm³/mol. The van der Waals surface area contributed by atoms with E-state index >= 15 is 0 Å². The SMILES string of the molecule is CC1(CNS(=O)(=O)CCC2CCCCN2)CCOCC1. The molecule has 2 N–H and O–H groups in total. The summed E-state index contributed by atoms with van der Waals surface area (Å²) >= 11 is 0. The van der Waals surface area contributed by atoms with Crippen molar-refractivity contribution in [2.75, 3.05) is 32.1 Å². The number of rotatable bonds is 6. The first-order valence-corrected chi connectivity index (χ1v) is 9.43. The maximum atomic E-state index is 12.1. The van der Waals surface area contributed by atoms with Gasteiger partial charge in [-0.1, -0.05) is 13.3 Å². The molecule has 0 amide bonds. The number of piperidine rings is 1. The second-order valence-electron chi connectivity index (χ2n) is 6.50. The van der Waals surface area contributed by atoms with Crippen LogP contribution in [0.1, 0.15) is 45.4 Å². The van der Waals surface area contributed by atoms with Crippen molar-refractivity contribution >= 4 is 10.0 Å². The molecule has 0 aromatic carbocycles. The molecule has 2 aliphatic heterocycles. The highest BCUT2D eigenvalue weighted by Crippen LogP contribution is 2.28. The van der Waals surface area contributed by atoms with Gasteiger partial charge in [0.05, 0.1) is 5.75 Å². The third-order valence-corrected chi connectivity index (χ3v) is 5.92. The van der Waals surface area contributed by atoms with Crippen LogP contribution in [0.25, 0.3) is 0 Å². The molecule has 0 radical (unpaired) electrons. The van der Waals surface area contributed by atoms with E-state index in [1.54, 1.807) is 0 Å². The van der Waals surface area contributed by atoms with E-state index in [0.717, 1.165) is 45.4 Å². The van der Waals surface area contributed by atoms with E-state index < -0.39 is 10.0 Å². The fraction of sp³-hybridized carbons (Fsp3) is 1.00. The Balaban J connectivity index is 1.72. The van der Waals surface area contributed by atoms with Crippen molar-refractivity contribution in [1.29, 1.82) is 0 Å². The van der Waals surface area contributed by atoms with Gasteiger partial charge in [-0.2, -0.15) is 0 Å². The van der Waals surface area contributed by atoms with Gasteiger partial charge in [-0.05, 0) is 44.1 Å². The van der Waals surface area contributed by atoms with Crippen LogP contribution in [0, 0.1) is 5.41 Å². The summed E-state index contributed by atoms with van der Waals surface area (Å²) in [5.41, 5.74) is 0.0500.